The molecule has 0 aromatic carbocycles. The number of aliphatic hydroxyl groups is 1. The molecule has 4 unspecified atom stereocenters. The molecule has 0 bridgehead atoms. The van der Waals surface area contributed by atoms with Crippen molar-refractivity contribution in [2.75, 3.05) is 13.2 Å². The third kappa shape index (κ3) is 2.88. The standard InChI is InChI=1S/C26H38O6/c1-13(24-30-8-9-31-24)16-4-5-17-21-18(6-7-25(16,17)2)26(3)15(12-19(21)27)10-14(11-20(28)29)22-23(26)32-22/h10,13-14,16-19,21-24,27H,4-9,11-12H2,1-3H3,(H,28,29)/t13?,14-,16+,17?,18?,19+,21?,22-,23-,25+,26-/m0/s1. The molecule has 32 heavy (non-hydrogen) atoms. The van der Waals surface area contributed by atoms with E-state index in [-0.39, 0.29) is 47.8 Å². The van der Waals surface area contributed by atoms with Crippen molar-refractivity contribution in [2.45, 2.75) is 83.9 Å². The van der Waals surface area contributed by atoms with Crippen LogP contribution in [0.1, 0.15) is 59.3 Å². The van der Waals surface area contributed by atoms with Crippen molar-refractivity contribution < 1.29 is 29.2 Å². The van der Waals surface area contributed by atoms with Gasteiger partial charge in [0.25, 0.3) is 0 Å². The maximum absolute atomic E-state index is 11.5. The molecule has 4 aliphatic carbocycles. The van der Waals surface area contributed by atoms with E-state index in [1.54, 1.807) is 0 Å². The van der Waals surface area contributed by atoms with E-state index in [4.69, 9.17) is 14.2 Å². The van der Waals surface area contributed by atoms with E-state index in [1.807, 2.05) is 0 Å². The maximum atomic E-state index is 11.5. The zero-order valence-electron chi connectivity index (χ0n) is 19.5. The largest absolute Gasteiger partial charge is 0.481 e. The summed E-state index contributed by atoms with van der Waals surface area (Å²) in [5, 5.41) is 20.8. The molecule has 6 rings (SSSR count). The van der Waals surface area contributed by atoms with Gasteiger partial charge in [0, 0.05) is 17.3 Å². The number of fused-ring (bicyclic) bond motifs is 7. The lowest BCUT2D eigenvalue weighted by Gasteiger charge is -2.59. The van der Waals surface area contributed by atoms with Gasteiger partial charge >= 0.3 is 5.97 Å². The first-order valence-corrected chi connectivity index (χ1v) is 12.7. The summed E-state index contributed by atoms with van der Waals surface area (Å²) in [5.74, 6) is 1.32. The number of carboxylic acids is 1. The van der Waals surface area contributed by atoms with Gasteiger partial charge in [-0.3, -0.25) is 4.79 Å². The number of epoxide rings is 1. The maximum Gasteiger partial charge on any atom is 0.304 e. The second-order valence-electron chi connectivity index (χ2n) is 12.0. The number of hydrogen-bond donors (Lipinski definition) is 2. The summed E-state index contributed by atoms with van der Waals surface area (Å²) in [7, 11) is 0. The van der Waals surface area contributed by atoms with E-state index < -0.39 is 5.97 Å². The molecule has 3 saturated carbocycles. The summed E-state index contributed by atoms with van der Waals surface area (Å²) in [6.45, 7) is 8.51. The minimum Gasteiger partial charge on any atom is -0.481 e. The van der Waals surface area contributed by atoms with Crippen molar-refractivity contribution in [3.05, 3.63) is 11.6 Å². The number of rotatable bonds is 4. The Bertz CT molecular complexity index is 819. The molecule has 0 amide bonds. The Hall–Kier alpha value is -0.950. The van der Waals surface area contributed by atoms with E-state index in [0.717, 1.165) is 6.42 Å². The zero-order valence-corrected chi connectivity index (χ0v) is 19.5. The molecule has 11 atom stereocenters. The normalized spacial score (nSPS) is 52.9. The van der Waals surface area contributed by atoms with Crippen molar-refractivity contribution >= 4 is 5.97 Å². The molecule has 0 aromatic rings. The van der Waals surface area contributed by atoms with Crippen LogP contribution in [0.3, 0.4) is 0 Å². The number of ether oxygens (including phenoxy) is 3. The fraction of sp³-hybridized carbons (Fsp3) is 0.885. The van der Waals surface area contributed by atoms with Crippen LogP contribution in [0, 0.1) is 46.3 Å². The van der Waals surface area contributed by atoms with Gasteiger partial charge in [-0.05, 0) is 61.2 Å². The lowest BCUT2D eigenvalue weighted by Crippen LogP contribution is -2.57. The number of carboxylic acid groups (broad SMARTS) is 1. The average molecular weight is 447 g/mol. The first-order chi connectivity index (χ1) is 15.2. The van der Waals surface area contributed by atoms with Crippen molar-refractivity contribution in [1.29, 1.82) is 0 Å². The molecular weight excluding hydrogens is 408 g/mol. The molecule has 5 fully saturated rings. The number of aliphatic carboxylic acids is 1. The summed E-state index contributed by atoms with van der Waals surface area (Å²) >= 11 is 0. The van der Waals surface area contributed by atoms with Gasteiger partial charge in [0.15, 0.2) is 6.29 Å². The predicted octanol–water partition coefficient (Wildman–Crippen LogP) is 3.62. The lowest BCUT2D eigenvalue weighted by molar-refractivity contribution is -0.140. The molecule has 178 valence electrons. The van der Waals surface area contributed by atoms with Gasteiger partial charge in [-0.15, -0.1) is 0 Å². The molecule has 2 aliphatic heterocycles. The fourth-order valence-corrected chi connectivity index (χ4v) is 9.33. The molecule has 2 N–H and O–H groups in total. The van der Waals surface area contributed by atoms with Crippen LogP contribution >= 0.6 is 0 Å². The van der Waals surface area contributed by atoms with Crippen LogP contribution in [0.15, 0.2) is 11.6 Å². The monoisotopic (exact) mass is 446 g/mol. The molecule has 0 radical (unpaired) electrons. The molecular formula is C26H38O6. The van der Waals surface area contributed by atoms with Crippen molar-refractivity contribution in [2.24, 2.45) is 46.3 Å². The summed E-state index contributed by atoms with van der Waals surface area (Å²) < 4.78 is 18.0. The van der Waals surface area contributed by atoms with Gasteiger partial charge in [-0.25, -0.2) is 0 Å². The number of carbonyl (C=O) groups is 1. The summed E-state index contributed by atoms with van der Waals surface area (Å²) in [4.78, 5) is 11.4. The minimum atomic E-state index is -0.770. The highest BCUT2D eigenvalue weighted by atomic mass is 16.7. The smallest absolute Gasteiger partial charge is 0.304 e. The predicted molar refractivity (Wildman–Crippen MR) is 117 cm³/mol. The van der Waals surface area contributed by atoms with Crippen LogP contribution in [0.25, 0.3) is 0 Å². The Morgan fingerprint density at radius 3 is 2.66 bits per heavy atom. The summed E-state index contributed by atoms with van der Waals surface area (Å²) in [6.07, 6.45) is 7.32. The zero-order chi connectivity index (χ0) is 22.4. The SMILES string of the molecule is CC(C1OCCO1)[C@H]1CCC2C3C(CC[C@@]21C)[C@]1(C)C(=C[C@@H](CC(=O)O)[C@@H]2O[C@@H]21)C[C@H]3O. The Labute approximate surface area is 190 Å². The number of hydrogen-bond acceptors (Lipinski definition) is 5. The van der Waals surface area contributed by atoms with E-state index in [1.165, 1.54) is 24.8 Å². The van der Waals surface area contributed by atoms with Crippen molar-refractivity contribution in [1.82, 2.24) is 0 Å². The highest BCUT2D eigenvalue weighted by Gasteiger charge is 2.69. The third-order valence-corrected chi connectivity index (χ3v) is 10.8. The van der Waals surface area contributed by atoms with E-state index in [0.29, 0.717) is 49.2 Å². The van der Waals surface area contributed by atoms with Gasteiger partial charge in [0.2, 0.25) is 0 Å². The topological polar surface area (TPSA) is 88.5 Å². The van der Waals surface area contributed by atoms with Crippen LogP contribution in [0.2, 0.25) is 0 Å². The van der Waals surface area contributed by atoms with Gasteiger partial charge in [0.1, 0.15) is 0 Å². The van der Waals surface area contributed by atoms with E-state index in [9.17, 15) is 15.0 Å². The Morgan fingerprint density at radius 1 is 1.19 bits per heavy atom. The van der Waals surface area contributed by atoms with Gasteiger partial charge < -0.3 is 24.4 Å². The van der Waals surface area contributed by atoms with E-state index in [2.05, 4.69) is 26.8 Å². The van der Waals surface area contributed by atoms with Crippen molar-refractivity contribution in [3.8, 4) is 0 Å². The summed E-state index contributed by atoms with van der Waals surface area (Å²) in [5.41, 5.74) is 1.40. The van der Waals surface area contributed by atoms with Crippen LogP contribution in [-0.2, 0) is 19.0 Å². The minimum absolute atomic E-state index is 0.0389. The van der Waals surface area contributed by atoms with Crippen LogP contribution in [-0.4, -0.2) is 54.0 Å². The second kappa shape index (κ2) is 7.27. The fourth-order valence-electron chi connectivity index (χ4n) is 9.33. The highest BCUT2D eigenvalue weighted by molar-refractivity contribution is 5.67. The lowest BCUT2D eigenvalue weighted by atomic mass is 9.45. The van der Waals surface area contributed by atoms with Crippen molar-refractivity contribution in [3.63, 3.8) is 0 Å². The first-order valence-electron chi connectivity index (χ1n) is 12.7. The number of aliphatic hydroxyl groups excluding tert-OH is 1. The van der Waals surface area contributed by atoms with E-state index >= 15 is 0 Å². The Morgan fingerprint density at radius 2 is 1.94 bits per heavy atom. The molecule has 0 spiro atoms. The van der Waals surface area contributed by atoms with Gasteiger partial charge in [0.05, 0.1) is 37.9 Å². The van der Waals surface area contributed by atoms with Crippen LogP contribution in [0.4, 0.5) is 0 Å². The second-order valence-corrected chi connectivity index (χ2v) is 12.0. The van der Waals surface area contributed by atoms with Crippen LogP contribution in [0.5, 0.6) is 0 Å². The quantitative estimate of drug-likeness (QED) is 0.507. The highest BCUT2D eigenvalue weighted by Crippen LogP contribution is 2.70. The molecule has 2 saturated heterocycles. The van der Waals surface area contributed by atoms with Gasteiger partial charge in [-0.1, -0.05) is 32.4 Å². The molecule has 2 heterocycles. The summed E-state index contributed by atoms with van der Waals surface area (Å²) in [6, 6.07) is 0. The average Bonchev–Trinajstić information content (AvgIpc) is 3.22. The van der Waals surface area contributed by atoms with Gasteiger partial charge in [-0.2, -0.15) is 0 Å². The Kier molecular flexibility index (Phi) is 4.90. The van der Waals surface area contributed by atoms with Crippen LogP contribution < -0.4 is 0 Å². The Balaban J connectivity index is 1.29. The molecule has 6 heteroatoms. The third-order valence-electron chi connectivity index (χ3n) is 10.8. The molecule has 0 aromatic heterocycles. The molecule has 6 aliphatic rings. The molecule has 6 nitrogen and oxygen atoms in total. The first kappa shape index (κ1) is 21.6.